The minimum Gasteiger partial charge on any atom is -0.759 e. The number of dihydropyridines is 2. The summed E-state index contributed by atoms with van der Waals surface area (Å²) >= 11 is 0. The first-order chi connectivity index (χ1) is 22.9. The molecule has 4 N–H and O–H groups in total. The SMILES string of the molecule is O=C(O)CCC1(CCC2(CCC(=O)N[O-])C3=C(NC4C=CC=CC4=C3)c3ccccc32)C2=C(NC3C=CC=CC3=C2)c2ccccc21. The second kappa shape index (κ2) is 11.3. The largest absolute Gasteiger partial charge is 0.759 e. The quantitative estimate of drug-likeness (QED) is 0.241. The van der Waals surface area contributed by atoms with Crippen LogP contribution in [0.2, 0.25) is 0 Å². The lowest BCUT2D eigenvalue weighted by molar-refractivity contribution is -0.137. The van der Waals surface area contributed by atoms with E-state index in [-0.39, 0.29) is 24.9 Å². The summed E-state index contributed by atoms with van der Waals surface area (Å²) in [7, 11) is 0. The fourth-order valence-electron chi connectivity index (χ4n) is 8.78. The average molecular weight is 623 g/mol. The highest BCUT2D eigenvalue weighted by atomic mass is 16.5. The third kappa shape index (κ3) is 4.60. The number of hydroxylamine groups is 1. The number of amides is 1. The summed E-state index contributed by atoms with van der Waals surface area (Å²) in [5.41, 5.74) is 11.6. The summed E-state index contributed by atoms with van der Waals surface area (Å²) in [4.78, 5) is 24.8. The highest BCUT2D eigenvalue weighted by Crippen LogP contribution is 2.59. The molecule has 8 rings (SSSR count). The van der Waals surface area contributed by atoms with Gasteiger partial charge in [-0.2, -0.15) is 0 Å². The number of fused-ring (bicyclic) bond motifs is 6. The molecule has 4 unspecified atom stereocenters. The van der Waals surface area contributed by atoms with Gasteiger partial charge in [-0.25, -0.2) is 0 Å². The Morgan fingerprint density at radius 1 is 0.702 bits per heavy atom. The topological polar surface area (TPSA) is 114 Å². The molecule has 4 atom stereocenters. The summed E-state index contributed by atoms with van der Waals surface area (Å²) < 4.78 is 0. The number of carbonyl (C=O) groups excluding carboxylic acids is 1. The molecule has 0 bridgehead atoms. The number of nitrogens with one attached hydrogen (secondary N) is 3. The zero-order valence-electron chi connectivity index (χ0n) is 26.0. The van der Waals surface area contributed by atoms with Crippen molar-refractivity contribution in [2.45, 2.75) is 61.4 Å². The minimum absolute atomic E-state index is 0.0218. The van der Waals surface area contributed by atoms with Gasteiger partial charge in [-0.3, -0.25) is 9.59 Å². The van der Waals surface area contributed by atoms with Crippen LogP contribution in [-0.2, 0) is 20.4 Å². The van der Waals surface area contributed by atoms with Crippen LogP contribution in [0.15, 0.2) is 132 Å². The highest BCUT2D eigenvalue weighted by Gasteiger charge is 2.51. The van der Waals surface area contributed by atoms with Gasteiger partial charge in [0.2, 0.25) is 5.91 Å². The molecule has 47 heavy (non-hydrogen) atoms. The van der Waals surface area contributed by atoms with Crippen LogP contribution in [0.25, 0.3) is 11.4 Å². The van der Waals surface area contributed by atoms with Crippen LogP contribution in [0.4, 0.5) is 0 Å². The molecule has 7 heteroatoms. The number of hydrogen-bond donors (Lipinski definition) is 4. The van der Waals surface area contributed by atoms with E-state index in [0.717, 1.165) is 55.9 Å². The monoisotopic (exact) mass is 622 g/mol. The summed E-state index contributed by atoms with van der Waals surface area (Å²) in [6.07, 6.45) is 23.6. The van der Waals surface area contributed by atoms with Gasteiger partial charge in [0.25, 0.3) is 0 Å². The Morgan fingerprint density at radius 2 is 1.19 bits per heavy atom. The lowest BCUT2D eigenvalue weighted by Gasteiger charge is -2.41. The van der Waals surface area contributed by atoms with Crippen molar-refractivity contribution in [2.75, 3.05) is 0 Å². The molecule has 2 aromatic rings. The number of carbonyl (C=O) groups is 2. The Labute approximate surface area is 274 Å². The summed E-state index contributed by atoms with van der Waals surface area (Å²) in [6.45, 7) is 0. The van der Waals surface area contributed by atoms with Crippen molar-refractivity contribution in [3.05, 3.63) is 159 Å². The van der Waals surface area contributed by atoms with Gasteiger partial charge in [0.05, 0.1) is 12.1 Å². The highest BCUT2D eigenvalue weighted by molar-refractivity contribution is 5.86. The molecule has 0 saturated carbocycles. The zero-order chi connectivity index (χ0) is 32.2. The standard InChI is InChI=1S/C40H36N3O4/c44-35(43-47)17-19-39(29-13-5-3-11-27(29)37-31(39)23-25-9-1-7-15-33(25)41-37)21-22-40(20-18-36(45)46)30-14-6-4-12-28(30)38-32(40)24-26-10-2-8-16-34(26)42-38/h1-16,23-24,33-34,41-42H,17-22H2,(H2-,43,44,45,46,47)/q-1. The summed E-state index contributed by atoms with van der Waals surface area (Å²) in [6, 6.07) is 16.9. The first-order valence-electron chi connectivity index (χ1n) is 16.4. The van der Waals surface area contributed by atoms with Crippen LogP contribution in [0.5, 0.6) is 0 Å². The van der Waals surface area contributed by atoms with Crippen LogP contribution >= 0.6 is 0 Å². The predicted molar refractivity (Wildman–Crippen MR) is 184 cm³/mol. The van der Waals surface area contributed by atoms with Gasteiger partial charge < -0.3 is 26.4 Å². The number of rotatable bonds is 9. The van der Waals surface area contributed by atoms with E-state index in [0.29, 0.717) is 25.7 Å². The van der Waals surface area contributed by atoms with Gasteiger partial charge in [0, 0.05) is 46.2 Å². The smallest absolute Gasteiger partial charge is 0.303 e. The fraction of sp³-hybridized carbons (Fsp3) is 0.250. The van der Waals surface area contributed by atoms with Crippen molar-refractivity contribution in [3.63, 3.8) is 0 Å². The van der Waals surface area contributed by atoms with Gasteiger partial charge in [-0.05, 0) is 59.1 Å². The third-order valence-corrected chi connectivity index (χ3v) is 11.0. The van der Waals surface area contributed by atoms with Crippen LogP contribution in [0, 0.1) is 5.21 Å². The van der Waals surface area contributed by atoms with Gasteiger partial charge in [-0.15, -0.1) is 0 Å². The van der Waals surface area contributed by atoms with E-state index >= 15 is 0 Å². The van der Waals surface area contributed by atoms with Crippen molar-refractivity contribution >= 4 is 23.3 Å². The maximum Gasteiger partial charge on any atom is 0.303 e. The Bertz CT molecular complexity index is 1960. The Morgan fingerprint density at radius 3 is 1.68 bits per heavy atom. The summed E-state index contributed by atoms with van der Waals surface area (Å²) in [5.74, 6) is -1.36. The average Bonchev–Trinajstić information content (AvgIpc) is 3.53. The van der Waals surface area contributed by atoms with E-state index in [2.05, 4.69) is 83.5 Å². The van der Waals surface area contributed by atoms with Gasteiger partial charge in [-0.1, -0.05) is 109 Å². The van der Waals surface area contributed by atoms with E-state index < -0.39 is 22.7 Å². The van der Waals surface area contributed by atoms with E-state index in [1.165, 1.54) is 0 Å². The van der Waals surface area contributed by atoms with Crippen molar-refractivity contribution in [1.29, 1.82) is 0 Å². The Balaban J connectivity index is 1.29. The van der Waals surface area contributed by atoms with Crippen LogP contribution in [0.3, 0.4) is 0 Å². The Hall–Kier alpha value is -5.14. The van der Waals surface area contributed by atoms with Crippen molar-refractivity contribution in [1.82, 2.24) is 16.1 Å². The second-order valence-corrected chi connectivity index (χ2v) is 13.3. The van der Waals surface area contributed by atoms with E-state index in [1.54, 1.807) is 5.48 Å². The maximum absolute atomic E-state index is 12.6. The van der Waals surface area contributed by atoms with Crippen molar-refractivity contribution in [3.8, 4) is 0 Å². The number of carboxylic acid groups (broad SMARTS) is 1. The molecule has 2 heterocycles. The molecule has 2 aliphatic heterocycles. The maximum atomic E-state index is 12.6. The molecule has 4 aliphatic carbocycles. The zero-order valence-corrected chi connectivity index (χ0v) is 26.0. The number of benzene rings is 2. The number of allylic oxidation sites excluding steroid dienone is 8. The van der Waals surface area contributed by atoms with Crippen LogP contribution in [0.1, 0.15) is 60.8 Å². The molecule has 7 nitrogen and oxygen atoms in total. The number of carboxylic acids is 1. The number of aliphatic carboxylic acids is 1. The Kier molecular flexibility index (Phi) is 7.03. The molecule has 0 fully saturated rings. The van der Waals surface area contributed by atoms with Crippen molar-refractivity contribution in [2.24, 2.45) is 0 Å². The third-order valence-electron chi connectivity index (χ3n) is 11.0. The molecular weight excluding hydrogens is 586 g/mol. The molecule has 0 spiro atoms. The molecule has 0 saturated heterocycles. The molecule has 236 valence electrons. The van der Waals surface area contributed by atoms with Crippen molar-refractivity contribution < 1.29 is 14.7 Å². The first-order valence-corrected chi connectivity index (χ1v) is 16.4. The van der Waals surface area contributed by atoms with Gasteiger partial charge >= 0.3 is 5.97 Å². The molecule has 0 aromatic heterocycles. The second-order valence-electron chi connectivity index (χ2n) is 13.3. The number of hydrogen-bond acceptors (Lipinski definition) is 5. The van der Waals surface area contributed by atoms with Gasteiger partial charge in [0.1, 0.15) is 0 Å². The van der Waals surface area contributed by atoms with Gasteiger partial charge in [0.15, 0.2) is 0 Å². The predicted octanol–water partition coefficient (Wildman–Crippen LogP) is 6.40. The molecule has 1 amide bonds. The van der Waals surface area contributed by atoms with E-state index in [1.807, 2.05) is 36.4 Å². The summed E-state index contributed by atoms with van der Waals surface area (Å²) in [5, 5.41) is 29.1. The normalized spacial score (nSPS) is 27.0. The fourth-order valence-corrected chi connectivity index (χ4v) is 8.78. The molecular formula is C40H36N3O4-. The van der Waals surface area contributed by atoms with E-state index in [9.17, 15) is 19.9 Å². The molecule has 0 radical (unpaired) electrons. The first kappa shape index (κ1) is 29.3. The lowest BCUT2D eigenvalue weighted by atomic mass is 9.63. The molecule has 6 aliphatic rings. The van der Waals surface area contributed by atoms with E-state index in [4.69, 9.17) is 0 Å². The molecule has 2 aromatic carbocycles. The van der Waals surface area contributed by atoms with Crippen LogP contribution in [-0.4, -0.2) is 29.1 Å². The minimum atomic E-state index is -0.826. The lowest BCUT2D eigenvalue weighted by Crippen LogP contribution is -2.37. The van der Waals surface area contributed by atoms with Crippen LogP contribution < -0.4 is 16.1 Å².